The molecule has 0 aliphatic carbocycles. The molecular formula is C17H19FN4O. The minimum absolute atomic E-state index is 0.0535. The number of rotatable bonds is 5. The Balaban J connectivity index is 2.04. The van der Waals surface area contributed by atoms with Crippen molar-refractivity contribution in [2.75, 3.05) is 5.32 Å². The lowest BCUT2D eigenvalue weighted by Gasteiger charge is -2.16. The Morgan fingerprint density at radius 1 is 1.26 bits per heavy atom. The Kier molecular flexibility index (Phi) is 4.14. The SMILES string of the molecule is CCn1ccc2ncnc(Nc3ccc(F)cc3OC(C)C)c21. The van der Waals surface area contributed by atoms with E-state index >= 15 is 0 Å². The van der Waals surface area contributed by atoms with E-state index in [0.717, 1.165) is 17.6 Å². The summed E-state index contributed by atoms with van der Waals surface area (Å²) in [4.78, 5) is 8.61. The average Bonchev–Trinajstić information content (AvgIpc) is 2.93. The van der Waals surface area contributed by atoms with Gasteiger partial charge < -0.3 is 14.6 Å². The molecule has 0 aliphatic heterocycles. The topological polar surface area (TPSA) is 52.0 Å². The van der Waals surface area contributed by atoms with Crippen molar-refractivity contribution >= 4 is 22.5 Å². The van der Waals surface area contributed by atoms with Gasteiger partial charge in [0.25, 0.3) is 0 Å². The van der Waals surface area contributed by atoms with E-state index in [1.54, 1.807) is 6.07 Å². The smallest absolute Gasteiger partial charge is 0.158 e. The largest absolute Gasteiger partial charge is 0.489 e. The van der Waals surface area contributed by atoms with Crippen LogP contribution in [0.1, 0.15) is 20.8 Å². The molecule has 0 bridgehead atoms. The molecule has 0 spiro atoms. The minimum atomic E-state index is -0.337. The van der Waals surface area contributed by atoms with Gasteiger partial charge >= 0.3 is 0 Å². The van der Waals surface area contributed by atoms with Crippen LogP contribution in [0.5, 0.6) is 5.75 Å². The van der Waals surface area contributed by atoms with Crippen molar-refractivity contribution < 1.29 is 9.13 Å². The average molecular weight is 314 g/mol. The fourth-order valence-corrected chi connectivity index (χ4v) is 2.47. The van der Waals surface area contributed by atoms with E-state index in [2.05, 4.69) is 26.8 Å². The molecule has 0 fully saturated rings. The third kappa shape index (κ3) is 3.11. The number of halogens is 1. The molecule has 1 N–H and O–H groups in total. The van der Waals surface area contributed by atoms with Gasteiger partial charge in [0.05, 0.1) is 17.3 Å². The number of aromatic nitrogens is 3. The van der Waals surface area contributed by atoms with Crippen molar-refractivity contribution in [2.45, 2.75) is 33.4 Å². The Hall–Kier alpha value is -2.63. The van der Waals surface area contributed by atoms with E-state index in [9.17, 15) is 4.39 Å². The molecule has 3 aromatic rings. The highest BCUT2D eigenvalue weighted by Gasteiger charge is 2.12. The van der Waals surface area contributed by atoms with Gasteiger partial charge in [-0.1, -0.05) is 0 Å². The van der Waals surface area contributed by atoms with Gasteiger partial charge in [0, 0.05) is 18.8 Å². The quantitative estimate of drug-likeness (QED) is 0.769. The summed E-state index contributed by atoms with van der Waals surface area (Å²) in [6.07, 6.45) is 3.43. The monoisotopic (exact) mass is 314 g/mol. The molecule has 0 unspecified atom stereocenters. The standard InChI is InChI=1S/C17H19FN4O/c1-4-22-8-7-14-16(22)17(20-10-19-14)21-13-6-5-12(18)9-15(13)23-11(2)3/h5-11H,4H2,1-3H3,(H,19,20,21). The maximum atomic E-state index is 13.5. The molecular weight excluding hydrogens is 295 g/mol. The van der Waals surface area contributed by atoms with Gasteiger partial charge in [-0.3, -0.25) is 0 Å². The van der Waals surface area contributed by atoms with Crippen LogP contribution >= 0.6 is 0 Å². The predicted octanol–water partition coefficient (Wildman–Crippen LogP) is 4.12. The first-order valence-electron chi connectivity index (χ1n) is 7.61. The van der Waals surface area contributed by atoms with Crippen molar-refractivity contribution in [2.24, 2.45) is 0 Å². The molecule has 3 rings (SSSR count). The molecule has 0 amide bonds. The molecule has 6 heteroatoms. The summed E-state index contributed by atoms with van der Waals surface area (Å²) >= 11 is 0. The Morgan fingerprint density at radius 2 is 2.09 bits per heavy atom. The van der Waals surface area contributed by atoms with Crippen molar-refractivity contribution in [3.63, 3.8) is 0 Å². The highest BCUT2D eigenvalue weighted by molar-refractivity contribution is 5.88. The molecule has 0 aliphatic rings. The van der Waals surface area contributed by atoms with E-state index < -0.39 is 0 Å². The third-order valence-electron chi connectivity index (χ3n) is 3.45. The molecule has 0 saturated carbocycles. The minimum Gasteiger partial charge on any atom is -0.489 e. The number of ether oxygens (including phenoxy) is 1. The molecule has 120 valence electrons. The number of anilines is 2. The molecule has 2 aromatic heterocycles. The Morgan fingerprint density at radius 3 is 2.83 bits per heavy atom. The van der Waals surface area contributed by atoms with Crippen molar-refractivity contribution in [3.8, 4) is 5.75 Å². The van der Waals surface area contributed by atoms with Crippen LogP contribution in [0.3, 0.4) is 0 Å². The van der Waals surface area contributed by atoms with E-state index in [4.69, 9.17) is 4.74 Å². The van der Waals surface area contributed by atoms with Gasteiger partial charge in [0.2, 0.25) is 0 Å². The number of hydrogen-bond acceptors (Lipinski definition) is 4. The number of hydrogen-bond donors (Lipinski definition) is 1. The maximum Gasteiger partial charge on any atom is 0.158 e. The van der Waals surface area contributed by atoms with Crippen LogP contribution in [0.4, 0.5) is 15.9 Å². The lowest BCUT2D eigenvalue weighted by Crippen LogP contribution is -2.08. The molecule has 2 heterocycles. The van der Waals surface area contributed by atoms with Crippen LogP contribution in [0.15, 0.2) is 36.8 Å². The highest BCUT2D eigenvalue weighted by Crippen LogP contribution is 2.31. The van der Waals surface area contributed by atoms with Crippen LogP contribution in [0.2, 0.25) is 0 Å². The van der Waals surface area contributed by atoms with Crippen molar-refractivity contribution in [1.29, 1.82) is 0 Å². The third-order valence-corrected chi connectivity index (χ3v) is 3.45. The first-order valence-corrected chi connectivity index (χ1v) is 7.61. The molecule has 5 nitrogen and oxygen atoms in total. The summed E-state index contributed by atoms with van der Waals surface area (Å²) in [6.45, 7) is 6.67. The van der Waals surface area contributed by atoms with Crippen LogP contribution < -0.4 is 10.1 Å². The summed E-state index contributed by atoms with van der Waals surface area (Å²) in [6, 6.07) is 6.37. The lowest BCUT2D eigenvalue weighted by molar-refractivity contribution is 0.243. The predicted molar refractivity (Wildman–Crippen MR) is 88.6 cm³/mol. The number of benzene rings is 1. The zero-order valence-electron chi connectivity index (χ0n) is 13.4. The number of fused-ring (bicyclic) bond motifs is 1. The molecule has 23 heavy (non-hydrogen) atoms. The van der Waals surface area contributed by atoms with Gasteiger partial charge in [-0.2, -0.15) is 0 Å². The van der Waals surface area contributed by atoms with E-state index in [1.807, 2.05) is 26.1 Å². The van der Waals surface area contributed by atoms with Gasteiger partial charge in [0.15, 0.2) is 5.82 Å². The summed E-state index contributed by atoms with van der Waals surface area (Å²) in [7, 11) is 0. The zero-order chi connectivity index (χ0) is 16.4. The fourth-order valence-electron chi connectivity index (χ4n) is 2.47. The van der Waals surface area contributed by atoms with Gasteiger partial charge in [0.1, 0.15) is 23.4 Å². The van der Waals surface area contributed by atoms with Crippen LogP contribution in [-0.4, -0.2) is 20.6 Å². The number of aryl methyl sites for hydroxylation is 1. The summed E-state index contributed by atoms with van der Waals surface area (Å²) in [5.41, 5.74) is 2.44. The molecule has 1 aromatic carbocycles. The summed E-state index contributed by atoms with van der Waals surface area (Å²) in [5.74, 6) is 0.791. The van der Waals surface area contributed by atoms with Crippen LogP contribution in [-0.2, 0) is 6.54 Å². The van der Waals surface area contributed by atoms with E-state index in [-0.39, 0.29) is 11.9 Å². The molecule has 0 atom stereocenters. The first-order chi connectivity index (χ1) is 11.1. The molecule has 0 saturated heterocycles. The van der Waals surface area contributed by atoms with Gasteiger partial charge in [-0.05, 0) is 39.0 Å². The summed E-state index contributed by atoms with van der Waals surface area (Å²) < 4.78 is 21.3. The Labute approximate surface area is 134 Å². The highest BCUT2D eigenvalue weighted by atomic mass is 19.1. The Bertz CT molecular complexity index is 829. The molecule has 0 radical (unpaired) electrons. The summed E-state index contributed by atoms with van der Waals surface area (Å²) in [5, 5.41) is 3.25. The normalized spacial score (nSPS) is 11.2. The van der Waals surface area contributed by atoms with E-state index in [1.165, 1.54) is 18.5 Å². The zero-order valence-corrected chi connectivity index (χ0v) is 13.4. The first kappa shape index (κ1) is 15.3. The lowest BCUT2D eigenvalue weighted by atomic mass is 10.2. The van der Waals surface area contributed by atoms with Crippen LogP contribution in [0, 0.1) is 5.82 Å². The van der Waals surface area contributed by atoms with Gasteiger partial charge in [-0.15, -0.1) is 0 Å². The second kappa shape index (κ2) is 6.24. The van der Waals surface area contributed by atoms with Gasteiger partial charge in [-0.25, -0.2) is 14.4 Å². The second-order valence-corrected chi connectivity index (χ2v) is 5.49. The number of nitrogens with one attached hydrogen (secondary N) is 1. The van der Waals surface area contributed by atoms with E-state index in [0.29, 0.717) is 17.3 Å². The number of nitrogens with zero attached hydrogens (tertiary/aromatic N) is 3. The van der Waals surface area contributed by atoms with Crippen LogP contribution in [0.25, 0.3) is 11.0 Å². The van der Waals surface area contributed by atoms with Crippen molar-refractivity contribution in [3.05, 3.63) is 42.6 Å². The maximum absolute atomic E-state index is 13.5. The van der Waals surface area contributed by atoms with Crippen molar-refractivity contribution in [1.82, 2.24) is 14.5 Å². The fraction of sp³-hybridized carbons (Fsp3) is 0.294. The second-order valence-electron chi connectivity index (χ2n) is 5.49.